The van der Waals surface area contributed by atoms with E-state index in [9.17, 15) is 5.11 Å². The van der Waals surface area contributed by atoms with Crippen LogP contribution in [0, 0.1) is 39.9 Å². The van der Waals surface area contributed by atoms with Gasteiger partial charge in [-0.05, 0) is 79.4 Å². The van der Waals surface area contributed by atoms with Crippen LogP contribution in [-0.4, -0.2) is 11.2 Å². The van der Waals surface area contributed by atoms with Crippen LogP contribution in [0.3, 0.4) is 0 Å². The van der Waals surface area contributed by atoms with E-state index >= 15 is 0 Å². The Morgan fingerprint density at radius 2 is 1.75 bits per heavy atom. The predicted molar refractivity (Wildman–Crippen MR) is 101 cm³/mol. The molecule has 136 valence electrons. The molecule has 7 atom stereocenters. The second-order valence-electron chi connectivity index (χ2n) is 10.7. The van der Waals surface area contributed by atoms with Crippen molar-refractivity contribution in [2.45, 2.75) is 92.1 Å². The largest absolute Gasteiger partial charge is 0.392 e. The first-order valence-corrected chi connectivity index (χ1v) is 10.6. The summed E-state index contributed by atoms with van der Waals surface area (Å²) >= 11 is 0. The van der Waals surface area contributed by atoms with Crippen molar-refractivity contribution in [3.8, 4) is 0 Å². The predicted octanol–water partition coefficient (Wildman–Crippen LogP) is 5.97. The van der Waals surface area contributed by atoms with E-state index in [0.717, 1.165) is 30.1 Å². The van der Waals surface area contributed by atoms with E-state index in [1.807, 2.05) is 0 Å². The molecule has 1 N–H and O–H groups in total. The minimum atomic E-state index is -0.154. The lowest BCUT2D eigenvalue weighted by Gasteiger charge is -2.61. The van der Waals surface area contributed by atoms with E-state index in [1.54, 1.807) is 5.57 Å². The van der Waals surface area contributed by atoms with Gasteiger partial charge in [-0.2, -0.15) is 0 Å². The fraction of sp³-hybridized carbons (Fsp3) is 0.913. The number of aliphatic hydroxyl groups is 1. The Kier molecular flexibility index (Phi) is 3.82. The molecular weight excluding hydrogens is 292 g/mol. The number of hydrogen-bond donors (Lipinski definition) is 1. The molecule has 0 heterocycles. The number of allylic oxidation sites excluding steroid dienone is 1. The van der Waals surface area contributed by atoms with Gasteiger partial charge in [0.1, 0.15) is 0 Å². The second kappa shape index (κ2) is 5.35. The second-order valence-corrected chi connectivity index (χ2v) is 10.7. The third-order valence-corrected chi connectivity index (χ3v) is 9.62. The van der Waals surface area contributed by atoms with Crippen molar-refractivity contribution in [1.82, 2.24) is 0 Å². The fourth-order valence-electron chi connectivity index (χ4n) is 8.17. The molecule has 0 aromatic rings. The maximum absolute atomic E-state index is 10.6. The van der Waals surface area contributed by atoms with Crippen LogP contribution >= 0.6 is 0 Å². The monoisotopic (exact) mass is 330 g/mol. The number of rotatable bonds is 1. The number of fused-ring (bicyclic) bond motifs is 5. The van der Waals surface area contributed by atoms with Crippen LogP contribution in [0.5, 0.6) is 0 Å². The first-order valence-electron chi connectivity index (χ1n) is 10.6. The number of aliphatic hydroxyl groups excluding tert-OH is 1. The molecule has 3 saturated carbocycles. The van der Waals surface area contributed by atoms with Crippen LogP contribution < -0.4 is 0 Å². The fourth-order valence-corrected chi connectivity index (χ4v) is 8.17. The topological polar surface area (TPSA) is 20.2 Å². The maximum Gasteiger partial charge on any atom is 0.0628 e. The van der Waals surface area contributed by atoms with Crippen molar-refractivity contribution in [2.24, 2.45) is 39.9 Å². The van der Waals surface area contributed by atoms with E-state index in [4.69, 9.17) is 0 Å². The summed E-state index contributed by atoms with van der Waals surface area (Å²) < 4.78 is 0. The highest BCUT2D eigenvalue weighted by Gasteiger charge is 2.60. The molecule has 0 amide bonds. The first-order chi connectivity index (χ1) is 11.2. The molecule has 7 unspecified atom stereocenters. The van der Waals surface area contributed by atoms with E-state index in [2.05, 4.69) is 40.7 Å². The average molecular weight is 331 g/mol. The van der Waals surface area contributed by atoms with Gasteiger partial charge in [0.05, 0.1) is 6.10 Å². The van der Waals surface area contributed by atoms with Crippen molar-refractivity contribution >= 4 is 0 Å². The van der Waals surface area contributed by atoms with E-state index in [-0.39, 0.29) is 11.5 Å². The van der Waals surface area contributed by atoms with Gasteiger partial charge in [-0.3, -0.25) is 0 Å². The van der Waals surface area contributed by atoms with Gasteiger partial charge in [0, 0.05) is 5.41 Å². The molecule has 0 aliphatic heterocycles. The van der Waals surface area contributed by atoms with E-state index < -0.39 is 0 Å². The molecule has 24 heavy (non-hydrogen) atoms. The molecule has 4 aliphatic rings. The summed E-state index contributed by atoms with van der Waals surface area (Å²) in [4.78, 5) is 0. The standard InChI is InChI=1S/C23H38O/c1-6-15-7-9-17-16-8-10-19-21(2,3)20(24)12-14-23(19,5)18(16)11-13-22(15,17)4/h10,15-18,20,24H,6-9,11-14H2,1-5H3. The van der Waals surface area contributed by atoms with Crippen LogP contribution in [0.15, 0.2) is 11.6 Å². The van der Waals surface area contributed by atoms with Gasteiger partial charge in [-0.15, -0.1) is 0 Å². The van der Waals surface area contributed by atoms with Gasteiger partial charge in [0.2, 0.25) is 0 Å². The van der Waals surface area contributed by atoms with Crippen molar-refractivity contribution in [3.05, 3.63) is 11.6 Å². The Morgan fingerprint density at radius 3 is 2.46 bits per heavy atom. The Bertz CT molecular complexity index is 546. The molecule has 3 fully saturated rings. The van der Waals surface area contributed by atoms with Gasteiger partial charge in [0.25, 0.3) is 0 Å². The van der Waals surface area contributed by atoms with Crippen molar-refractivity contribution < 1.29 is 5.11 Å². The summed E-state index contributed by atoms with van der Waals surface area (Å²) in [7, 11) is 0. The first kappa shape index (κ1) is 17.1. The number of hydrogen-bond acceptors (Lipinski definition) is 1. The van der Waals surface area contributed by atoms with Crippen molar-refractivity contribution in [3.63, 3.8) is 0 Å². The molecule has 0 radical (unpaired) electrons. The van der Waals surface area contributed by atoms with Crippen LogP contribution in [0.25, 0.3) is 0 Å². The maximum atomic E-state index is 10.6. The summed E-state index contributed by atoms with van der Waals surface area (Å²) in [5.41, 5.74) is 2.53. The molecule has 1 heteroatoms. The molecule has 0 aromatic carbocycles. The Hall–Kier alpha value is -0.300. The normalized spacial score (nSPS) is 52.9. The van der Waals surface area contributed by atoms with Crippen molar-refractivity contribution in [1.29, 1.82) is 0 Å². The van der Waals surface area contributed by atoms with E-state index in [0.29, 0.717) is 10.8 Å². The zero-order valence-corrected chi connectivity index (χ0v) is 16.6. The molecule has 1 nitrogen and oxygen atoms in total. The Balaban J connectivity index is 1.71. The van der Waals surface area contributed by atoms with Crippen molar-refractivity contribution in [2.75, 3.05) is 0 Å². The van der Waals surface area contributed by atoms with Gasteiger partial charge >= 0.3 is 0 Å². The zero-order valence-electron chi connectivity index (χ0n) is 16.6. The summed E-state index contributed by atoms with van der Waals surface area (Å²) in [6.45, 7) is 12.2. The molecular formula is C23H38O. The molecule has 0 saturated heterocycles. The van der Waals surface area contributed by atoms with E-state index in [1.165, 1.54) is 44.9 Å². The van der Waals surface area contributed by atoms with Crippen LogP contribution in [0.1, 0.15) is 86.0 Å². The third-order valence-electron chi connectivity index (χ3n) is 9.62. The average Bonchev–Trinajstić information content (AvgIpc) is 2.88. The Labute approximate surface area is 149 Å². The quantitative estimate of drug-likeness (QED) is 0.587. The van der Waals surface area contributed by atoms with Gasteiger partial charge < -0.3 is 5.11 Å². The zero-order chi connectivity index (χ0) is 17.3. The summed E-state index contributed by atoms with van der Waals surface area (Å²) in [6, 6.07) is 0. The van der Waals surface area contributed by atoms with Gasteiger partial charge in [-0.1, -0.05) is 52.7 Å². The van der Waals surface area contributed by atoms with Crippen LogP contribution in [-0.2, 0) is 0 Å². The minimum absolute atomic E-state index is 0.0274. The summed E-state index contributed by atoms with van der Waals surface area (Å²) in [6.07, 6.45) is 13.1. The summed E-state index contributed by atoms with van der Waals surface area (Å²) in [5.74, 6) is 3.68. The molecule has 0 aromatic heterocycles. The van der Waals surface area contributed by atoms with Crippen LogP contribution in [0.4, 0.5) is 0 Å². The SMILES string of the molecule is CCC1CCC2C3CC=C4C(C)(C)C(O)CCC4(C)C3CCC12C. The van der Waals surface area contributed by atoms with Gasteiger partial charge in [0.15, 0.2) is 0 Å². The lowest BCUT2D eigenvalue weighted by Crippen LogP contribution is -2.54. The third kappa shape index (κ3) is 2.03. The Morgan fingerprint density at radius 1 is 1.00 bits per heavy atom. The molecule has 0 bridgehead atoms. The highest BCUT2D eigenvalue weighted by molar-refractivity contribution is 5.31. The lowest BCUT2D eigenvalue weighted by atomic mass is 9.44. The molecule has 4 aliphatic carbocycles. The highest BCUT2D eigenvalue weighted by atomic mass is 16.3. The smallest absolute Gasteiger partial charge is 0.0628 e. The van der Waals surface area contributed by atoms with Gasteiger partial charge in [-0.25, -0.2) is 0 Å². The highest BCUT2D eigenvalue weighted by Crippen LogP contribution is 2.68. The molecule has 0 spiro atoms. The van der Waals surface area contributed by atoms with Crippen LogP contribution in [0.2, 0.25) is 0 Å². The summed E-state index contributed by atoms with van der Waals surface area (Å²) in [5, 5.41) is 10.6. The minimum Gasteiger partial charge on any atom is -0.392 e. The lowest BCUT2D eigenvalue weighted by molar-refractivity contribution is -0.0737. The molecule has 4 rings (SSSR count).